The summed E-state index contributed by atoms with van der Waals surface area (Å²) in [4.78, 5) is 14.1. The zero-order valence-corrected chi connectivity index (χ0v) is 8.64. The first kappa shape index (κ1) is 11.5. The molecule has 1 rings (SSSR count). The van der Waals surface area contributed by atoms with Crippen molar-refractivity contribution in [2.45, 2.75) is 6.42 Å². The molecule has 0 N–H and O–H groups in total. The van der Waals surface area contributed by atoms with Gasteiger partial charge in [0, 0.05) is 11.8 Å². The van der Waals surface area contributed by atoms with Crippen LogP contribution >= 0.6 is 11.6 Å². The number of halogens is 2. The van der Waals surface area contributed by atoms with Crippen LogP contribution in [0.15, 0.2) is 12.3 Å². The minimum atomic E-state index is -0.741. The van der Waals surface area contributed by atoms with E-state index in [9.17, 15) is 9.18 Å². The highest BCUT2D eigenvalue weighted by atomic mass is 35.5. The van der Waals surface area contributed by atoms with Gasteiger partial charge in [-0.1, -0.05) is 23.4 Å². The summed E-state index contributed by atoms with van der Waals surface area (Å²) < 4.78 is 17.0. The number of nitrogens with zero attached hydrogens (tertiary/aromatic N) is 1. The zero-order valence-electron chi connectivity index (χ0n) is 7.88. The van der Waals surface area contributed by atoms with E-state index in [0.29, 0.717) is 5.56 Å². The van der Waals surface area contributed by atoms with Crippen molar-refractivity contribution in [1.29, 1.82) is 0 Å². The van der Waals surface area contributed by atoms with Crippen LogP contribution in [0.25, 0.3) is 0 Å². The van der Waals surface area contributed by atoms with Gasteiger partial charge in [0.05, 0.1) is 12.1 Å². The number of carbonyl (C=O) groups excluding carboxylic acids is 1. The Morgan fingerprint density at radius 3 is 3.07 bits per heavy atom. The van der Waals surface area contributed by atoms with E-state index in [0.717, 1.165) is 0 Å². The minimum absolute atomic E-state index is 0.0223. The molecule has 0 amide bonds. The van der Waals surface area contributed by atoms with Gasteiger partial charge in [0.25, 0.3) is 0 Å². The summed E-state index contributed by atoms with van der Waals surface area (Å²) in [5.41, 5.74) is 0.449. The predicted octanol–water partition coefficient (Wildman–Crippen LogP) is 1.79. The van der Waals surface area contributed by atoms with Gasteiger partial charge in [-0.2, -0.15) is 4.39 Å². The molecule has 1 aromatic heterocycles. The molecule has 0 aliphatic heterocycles. The molecule has 3 nitrogen and oxygen atoms in total. The first-order valence-corrected chi connectivity index (χ1v) is 4.38. The summed E-state index contributed by atoms with van der Waals surface area (Å²) in [5, 5.41) is -0.0973. The molecule has 0 aromatic carbocycles. The van der Waals surface area contributed by atoms with Crippen LogP contribution in [-0.4, -0.2) is 18.1 Å². The van der Waals surface area contributed by atoms with Gasteiger partial charge < -0.3 is 4.74 Å². The van der Waals surface area contributed by atoms with Gasteiger partial charge in [0.15, 0.2) is 0 Å². The van der Waals surface area contributed by atoms with Gasteiger partial charge in [-0.25, -0.2) is 4.98 Å². The van der Waals surface area contributed by atoms with E-state index in [4.69, 9.17) is 11.6 Å². The maximum absolute atomic E-state index is 12.6. The fraction of sp³-hybridized carbons (Fsp3) is 0.200. The Balaban J connectivity index is 2.72. The zero-order chi connectivity index (χ0) is 11.3. The lowest BCUT2D eigenvalue weighted by Gasteiger charge is -1.93. The molecular formula is C10H7ClFNO2. The summed E-state index contributed by atoms with van der Waals surface area (Å²) in [5.74, 6) is 4.00. The number of hydrogen-bond acceptors (Lipinski definition) is 3. The highest BCUT2D eigenvalue weighted by molar-refractivity contribution is 6.30. The van der Waals surface area contributed by atoms with E-state index in [-0.39, 0.29) is 11.4 Å². The molecule has 5 heteroatoms. The molecule has 1 aromatic rings. The second kappa shape index (κ2) is 5.32. The molecule has 78 valence electrons. The van der Waals surface area contributed by atoms with Gasteiger partial charge >= 0.3 is 5.97 Å². The first-order valence-electron chi connectivity index (χ1n) is 4.00. The van der Waals surface area contributed by atoms with E-state index in [1.165, 1.54) is 19.4 Å². The molecule has 15 heavy (non-hydrogen) atoms. The first-order chi connectivity index (χ1) is 7.13. The average molecular weight is 228 g/mol. The number of carbonyl (C=O) groups is 1. The standard InChI is InChI=1S/C10H7ClFNO2/c1-15-9(14)4-2-3-7-5-8(11)10(12)13-6-7/h5-6H,4H2,1H3. The van der Waals surface area contributed by atoms with Crippen molar-refractivity contribution in [2.24, 2.45) is 0 Å². The van der Waals surface area contributed by atoms with Crippen molar-refractivity contribution >= 4 is 17.6 Å². The van der Waals surface area contributed by atoms with E-state index in [2.05, 4.69) is 21.6 Å². The molecule has 1 heterocycles. The SMILES string of the molecule is COC(=O)CC#Cc1cnc(F)c(Cl)c1. The topological polar surface area (TPSA) is 39.2 Å². The summed E-state index contributed by atoms with van der Waals surface area (Å²) in [6.45, 7) is 0. The third kappa shape index (κ3) is 3.56. The lowest BCUT2D eigenvalue weighted by Crippen LogP contribution is -1.97. The number of methoxy groups -OCH3 is 1. The fourth-order valence-electron chi connectivity index (χ4n) is 0.780. The van der Waals surface area contributed by atoms with E-state index >= 15 is 0 Å². The average Bonchev–Trinajstić information content (AvgIpc) is 2.23. The van der Waals surface area contributed by atoms with Crippen LogP contribution in [0.2, 0.25) is 5.02 Å². The summed E-state index contributed by atoms with van der Waals surface area (Å²) in [6.07, 6.45) is 1.22. The van der Waals surface area contributed by atoms with Crippen LogP contribution in [0.3, 0.4) is 0 Å². The molecule has 0 atom stereocenters. The summed E-state index contributed by atoms with van der Waals surface area (Å²) >= 11 is 5.49. The second-order valence-electron chi connectivity index (χ2n) is 2.55. The minimum Gasteiger partial charge on any atom is -0.468 e. The monoisotopic (exact) mass is 227 g/mol. The molecule has 0 unspecified atom stereocenters. The predicted molar refractivity (Wildman–Crippen MR) is 52.7 cm³/mol. The van der Waals surface area contributed by atoms with Crippen molar-refractivity contribution in [2.75, 3.05) is 7.11 Å². The van der Waals surface area contributed by atoms with Crippen molar-refractivity contribution < 1.29 is 13.9 Å². The Bertz CT molecular complexity index is 437. The molecule has 0 spiro atoms. The van der Waals surface area contributed by atoms with Crippen molar-refractivity contribution in [3.63, 3.8) is 0 Å². The van der Waals surface area contributed by atoms with Gasteiger partial charge in [-0.15, -0.1) is 0 Å². The lowest BCUT2D eigenvalue weighted by molar-refractivity contribution is -0.139. The van der Waals surface area contributed by atoms with Crippen LogP contribution in [0.4, 0.5) is 4.39 Å². The second-order valence-corrected chi connectivity index (χ2v) is 2.96. The molecule has 0 aliphatic rings. The van der Waals surface area contributed by atoms with E-state index in [1.807, 2.05) is 0 Å². The fourth-order valence-corrected chi connectivity index (χ4v) is 0.947. The number of esters is 1. The normalized spacial score (nSPS) is 9.00. The maximum Gasteiger partial charge on any atom is 0.317 e. The molecule has 0 fully saturated rings. The molecule has 0 aliphatic carbocycles. The van der Waals surface area contributed by atoms with Crippen LogP contribution in [0.1, 0.15) is 12.0 Å². The number of aromatic nitrogens is 1. The molecule has 0 radical (unpaired) electrons. The van der Waals surface area contributed by atoms with E-state index in [1.54, 1.807) is 0 Å². The van der Waals surface area contributed by atoms with Crippen molar-refractivity contribution in [3.05, 3.63) is 28.8 Å². The molecule has 0 bridgehead atoms. The van der Waals surface area contributed by atoms with Gasteiger partial charge in [0.2, 0.25) is 5.95 Å². The molecule has 0 saturated heterocycles. The highest BCUT2D eigenvalue weighted by Crippen LogP contribution is 2.12. The van der Waals surface area contributed by atoms with Gasteiger partial charge in [-0.3, -0.25) is 4.79 Å². The van der Waals surface area contributed by atoms with Crippen LogP contribution in [-0.2, 0) is 9.53 Å². The summed E-state index contributed by atoms with van der Waals surface area (Å²) in [7, 11) is 1.28. The number of pyridine rings is 1. The maximum atomic E-state index is 12.6. The quantitative estimate of drug-likeness (QED) is 0.417. The Labute approximate surface area is 91.2 Å². The van der Waals surface area contributed by atoms with Gasteiger partial charge in [-0.05, 0) is 6.07 Å². The lowest BCUT2D eigenvalue weighted by atomic mass is 10.3. The van der Waals surface area contributed by atoms with Crippen LogP contribution in [0, 0.1) is 17.8 Å². The van der Waals surface area contributed by atoms with Crippen LogP contribution in [0.5, 0.6) is 0 Å². The van der Waals surface area contributed by atoms with Crippen molar-refractivity contribution in [3.8, 4) is 11.8 Å². The third-order valence-electron chi connectivity index (χ3n) is 1.49. The van der Waals surface area contributed by atoms with E-state index < -0.39 is 11.9 Å². The molecule has 0 saturated carbocycles. The Hall–Kier alpha value is -1.60. The van der Waals surface area contributed by atoms with Gasteiger partial charge in [0.1, 0.15) is 6.42 Å². The number of rotatable bonds is 1. The Morgan fingerprint density at radius 1 is 1.73 bits per heavy atom. The molecular weight excluding hydrogens is 221 g/mol. The van der Waals surface area contributed by atoms with Crippen LogP contribution < -0.4 is 0 Å². The smallest absolute Gasteiger partial charge is 0.317 e. The Morgan fingerprint density at radius 2 is 2.47 bits per heavy atom. The largest absolute Gasteiger partial charge is 0.468 e. The Kier molecular flexibility index (Phi) is 4.07. The summed E-state index contributed by atoms with van der Waals surface area (Å²) in [6, 6.07) is 1.34. The number of ether oxygens (including phenoxy) is 1. The third-order valence-corrected chi connectivity index (χ3v) is 1.75. The number of hydrogen-bond donors (Lipinski definition) is 0. The van der Waals surface area contributed by atoms with Crippen molar-refractivity contribution in [1.82, 2.24) is 4.98 Å². The highest BCUT2D eigenvalue weighted by Gasteiger charge is 2.00.